The minimum atomic E-state index is -0.865. The third-order valence-electron chi connectivity index (χ3n) is 2.33. The van der Waals surface area contributed by atoms with Gasteiger partial charge in [0.25, 0.3) is 0 Å². The molecule has 4 heteroatoms. The van der Waals surface area contributed by atoms with Gasteiger partial charge in [0.05, 0.1) is 0 Å². The van der Waals surface area contributed by atoms with Crippen LogP contribution in [0.15, 0.2) is 5.38 Å². The summed E-state index contributed by atoms with van der Waals surface area (Å²) in [6, 6.07) is 0. The van der Waals surface area contributed by atoms with Crippen LogP contribution in [0.25, 0.3) is 0 Å². The van der Waals surface area contributed by atoms with Gasteiger partial charge in [0.1, 0.15) is 4.88 Å². The summed E-state index contributed by atoms with van der Waals surface area (Å²) in [6.45, 7) is 4.32. The molecule has 0 spiro atoms. The van der Waals surface area contributed by atoms with Crippen molar-refractivity contribution in [2.45, 2.75) is 33.1 Å². The smallest absolute Gasteiger partial charge is 0.346 e. The molecule has 15 heavy (non-hydrogen) atoms. The van der Waals surface area contributed by atoms with E-state index >= 15 is 0 Å². The Hall–Kier alpha value is -1.03. The van der Waals surface area contributed by atoms with Crippen molar-refractivity contribution in [3.05, 3.63) is 15.8 Å². The molecular weight excluding hydrogens is 210 g/mol. The molecule has 0 saturated carbocycles. The molecule has 0 aliphatic carbocycles. The van der Waals surface area contributed by atoms with E-state index in [1.54, 1.807) is 5.38 Å². The number of carbonyl (C=O) groups is 1. The number of carboxylic acids is 1. The molecule has 0 aromatic carbocycles. The monoisotopic (exact) mass is 227 g/mol. The van der Waals surface area contributed by atoms with Gasteiger partial charge in [-0.3, -0.25) is 0 Å². The van der Waals surface area contributed by atoms with Gasteiger partial charge in [-0.15, -0.1) is 11.3 Å². The van der Waals surface area contributed by atoms with E-state index in [9.17, 15) is 4.79 Å². The lowest BCUT2D eigenvalue weighted by Crippen LogP contribution is -2.01. The van der Waals surface area contributed by atoms with Gasteiger partial charge in [-0.2, -0.15) is 0 Å². The predicted molar refractivity (Wildman–Crippen MR) is 63.5 cm³/mol. The molecule has 0 radical (unpaired) electrons. The van der Waals surface area contributed by atoms with E-state index in [1.807, 2.05) is 0 Å². The fourth-order valence-electron chi connectivity index (χ4n) is 1.52. The van der Waals surface area contributed by atoms with Gasteiger partial charge in [0, 0.05) is 16.6 Å². The second-order valence-electron chi connectivity index (χ2n) is 4.09. The van der Waals surface area contributed by atoms with Crippen molar-refractivity contribution in [2.24, 2.45) is 5.92 Å². The zero-order chi connectivity index (χ0) is 11.4. The van der Waals surface area contributed by atoms with Gasteiger partial charge in [0.2, 0.25) is 0 Å². The second kappa shape index (κ2) is 5.16. The Balaban J connectivity index is 2.66. The van der Waals surface area contributed by atoms with Crippen molar-refractivity contribution >= 4 is 23.0 Å². The first kappa shape index (κ1) is 12.0. The summed E-state index contributed by atoms with van der Waals surface area (Å²) >= 11 is 1.22. The van der Waals surface area contributed by atoms with E-state index in [0.29, 0.717) is 16.5 Å². The van der Waals surface area contributed by atoms with Crippen molar-refractivity contribution in [1.29, 1.82) is 0 Å². The maximum atomic E-state index is 10.9. The second-order valence-corrected chi connectivity index (χ2v) is 4.97. The highest BCUT2D eigenvalue weighted by atomic mass is 32.1. The number of aromatic carboxylic acids is 1. The average molecular weight is 227 g/mol. The molecule has 0 aliphatic heterocycles. The molecule has 3 N–H and O–H groups in total. The molecule has 0 aliphatic rings. The first-order valence-electron chi connectivity index (χ1n) is 5.11. The van der Waals surface area contributed by atoms with Gasteiger partial charge in [-0.05, 0) is 18.8 Å². The van der Waals surface area contributed by atoms with E-state index in [-0.39, 0.29) is 0 Å². The molecule has 0 bridgehead atoms. The summed E-state index contributed by atoms with van der Waals surface area (Å²) < 4.78 is 0. The average Bonchev–Trinajstić information content (AvgIpc) is 2.47. The van der Waals surface area contributed by atoms with Gasteiger partial charge < -0.3 is 10.8 Å². The standard InChI is InChI=1S/C11H17NO2S/c1-7(2)4-3-5-8-9(12)6-15-10(8)11(13)14/h6-7H,3-5,12H2,1-2H3,(H,13,14). The fourth-order valence-corrected chi connectivity index (χ4v) is 2.37. The van der Waals surface area contributed by atoms with Crippen molar-refractivity contribution in [1.82, 2.24) is 0 Å². The van der Waals surface area contributed by atoms with Crippen LogP contribution in [-0.2, 0) is 6.42 Å². The summed E-state index contributed by atoms with van der Waals surface area (Å²) in [7, 11) is 0. The maximum Gasteiger partial charge on any atom is 0.346 e. The van der Waals surface area contributed by atoms with E-state index in [0.717, 1.165) is 24.8 Å². The van der Waals surface area contributed by atoms with Crippen LogP contribution in [0.1, 0.15) is 41.9 Å². The topological polar surface area (TPSA) is 63.3 Å². The van der Waals surface area contributed by atoms with Gasteiger partial charge in [0.15, 0.2) is 0 Å². The van der Waals surface area contributed by atoms with Crippen molar-refractivity contribution < 1.29 is 9.90 Å². The minimum absolute atomic E-state index is 0.399. The normalized spacial score (nSPS) is 10.9. The number of hydrogen-bond donors (Lipinski definition) is 2. The van der Waals surface area contributed by atoms with Gasteiger partial charge in [-0.1, -0.05) is 20.3 Å². The Morgan fingerprint density at radius 1 is 1.60 bits per heavy atom. The van der Waals surface area contributed by atoms with Crippen molar-refractivity contribution in [2.75, 3.05) is 5.73 Å². The fraction of sp³-hybridized carbons (Fsp3) is 0.545. The number of nitrogen functional groups attached to an aromatic ring is 1. The number of hydrogen-bond acceptors (Lipinski definition) is 3. The molecule has 0 amide bonds. The lowest BCUT2D eigenvalue weighted by molar-refractivity contribution is 0.0701. The summed E-state index contributed by atoms with van der Waals surface area (Å²) in [5, 5.41) is 10.7. The summed E-state index contributed by atoms with van der Waals surface area (Å²) in [6.07, 6.45) is 2.88. The number of anilines is 1. The summed E-state index contributed by atoms with van der Waals surface area (Å²) in [4.78, 5) is 11.3. The van der Waals surface area contributed by atoms with Crippen LogP contribution in [0.4, 0.5) is 5.69 Å². The predicted octanol–water partition coefficient (Wildman–Crippen LogP) is 3.01. The van der Waals surface area contributed by atoms with Gasteiger partial charge >= 0.3 is 5.97 Å². The molecule has 0 unspecified atom stereocenters. The van der Waals surface area contributed by atoms with Crippen LogP contribution in [0, 0.1) is 5.92 Å². The Bertz CT molecular complexity index is 344. The molecule has 0 saturated heterocycles. The van der Waals surface area contributed by atoms with E-state index in [2.05, 4.69) is 13.8 Å². The highest BCUT2D eigenvalue weighted by molar-refractivity contribution is 7.12. The van der Waals surface area contributed by atoms with Crippen LogP contribution in [0.2, 0.25) is 0 Å². The zero-order valence-electron chi connectivity index (χ0n) is 9.12. The Morgan fingerprint density at radius 3 is 2.80 bits per heavy atom. The Morgan fingerprint density at radius 2 is 2.27 bits per heavy atom. The third-order valence-corrected chi connectivity index (χ3v) is 3.36. The Labute approximate surface area is 93.9 Å². The number of nitrogens with two attached hydrogens (primary N) is 1. The van der Waals surface area contributed by atoms with Crippen LogP contribution in [-0.4, -0.2) is 11.1 Å². The van der Waals surface area contributed by atoms with Crippen LogP contribution in [0.5, 0.6) is 0 Å². The molecule has 1 aromatic rings. The SMILES string of the molecule is CC(C)CCCc1c(N)csc1C(=O)O. The first-order valence-corrected chi connectivity index (χ1v) is 5.99. The largest absolute Gasteiger partial charge is 0.477 e. The minimum Gasteiger partial charge on any atom is -0.477 e. The molecule has 84 valence electrons. The number of rotatable bonds is 5. The maximum absolute atomic E-state index is 10.9. The van der Waals surface area contributed by atoms with E-state index < -0.39 is 5.97 Å². The lowest BCUT2D eigenvalue weighted by Gasteiger charge is -2.05. The van der Waals surface area contributed by atoms with Crippen molar-refractivity contribution in [3.63, 3.8) is 0 Å². The van der Waals surface area contributed by atoms with Crippen LogP contribution < -0.4 is 5.73 Å². The van der Waals surface area contributed by atoms with Gasteiger partial charge in [-0.25, -0.2) is 4.79 Å². The molecule has 1 heterocycles. The summed E-state index contributed by atoms with van der Waals surface area (Å²) in [5.41, 5.74) is 7.18. The number of carboxylic acid groups (broad SMARTS) is 1. The molecule has 0 fully saturated rings. The quantitative estimate of drug-likeness (QED) is 0.812. The Kier molecular flexibility index (Phi) is 4.15. The van der Waals surface area contributed by atoms with Crippen LogP contribution >= 0.6 is 11.3 Å². The third kappa shape index (κ3) is 3.23. The molecule has 0 atom stereocenters. The number of thiophene rings is 1. The zero-order valence-corrected chi connectivity index (χ0v) is 9.93. The van der Waals surface area contributed by atoms with Crippen LogP contribution in [0.3, 0.4) is 0 Å². The molecule has 1 rings (SSSR count). The highest BCUT2D eigenvalue weighted by Crippen LogP contribution is 2.26. The van der Waals surface area contributed by atoms with E-state index in [4.69, 9.17) is 10.8 Å². The lowest BCUT2D eigenvalue weighted by atomic mass is 10.0. The highest BCUT2D eigenvalue weighted by Gasteiger charge is 2.15. The molecule has 3 nitrogen and oxygen atoms in total. The summed E-state index contributed by atoms with van der Waals surface area (Å²) in [5.74, 6) is -0.214. The van der Waals surface area contributed by atoms with Crippen molar-refractivity contribution in [3.8, 4) is 0 Å². The molecule has 1 aromatic heterocycles. The van der Waals surface area contributed by atoms with E-state index in [1.165, 1.54) is 11.3 Å². The molecular formula is C11H17NO2S. The first-order chi connectivity index (χ1) is 7.02.